The van der Waals surface area contributed by atoms with E-state index in [2.05, 4.69) is 29.6 Å². The van der Waals surface area contributed by atoms with Crippen LogP contribution in [0.1, 0.15) is 36.8 Å². The third-order valence-electron chi connectivity index (χ3n) is 4.25. The highest BCUT2D eigenvalue weighted by molar-refractivity contribution is 5.85. The van der Waals surface area contributed by atoms with E-state index in [4.69, 9.17) is 10.5 Å². The molecule has 1 aliphatic carbocycles. The number of nitrogens with one attached hydrogen (secondary N) is 1. The van der Waals surface area contributed by atoms with E-state index < -0.39 is 6.09 Å². The van der Waals surface area contributed by atoms with Gasteiger partial charge in [-0.05, 0) is 28.7 Å². The summed E-state index contributed by atoms with van der Waals surface area (Å²) in [7, 11) is 0. The fourth-order valence-corrected chi connectivity index (χ4v) is 3.17. The predicted molar refractivity (Wildman–Crippen MR) is 98.3 cm³/mol. The molecule has 128 valence electrons. The Bertz CT molecular complexity index is 660. The van der Waals surface area contributed by atoms with E-state index in [9.17, 15) is 4.79 Å². The average molecular weight is 347 g/mol. The minimum absolute atomic E-state index is 0. The maximum atomic E-state index is 11.9. The van der Waals surface area contributed by atoms with Gasteiger partial charge in [0.2, 0.25) is 0 Å². The smallest absolute Gasteiger partial charge is 0.408 e. The van der Waals surface area contributed by atoms with Crippen LogP contribution in [-0.2, 0) is 4.74 Å². The molecule has 1 atom stereocenters. The number of hydrogen-bond donors (Lipinski definition) is 2. The van der Waals surface area contributed by atoms with Gasteiger partial charge in [-0.3, -0.25) is 0 Å². The summed E-state index contributed by atoms with van der Waals surface area (Å²) in [6.45, 7) is 2.35. The molecule has 0 heterocycles. The summed E-state index contributed by atoms with van der Waals surface area (Å²) in [4.78, 5) is 11.9. The number of hydrogen-bond acceptors (Lipinski definition) is 3. The maximum absolute atomic E-state index is 11.9. The average Bonchev–Trinajstić information content (AvgIpc) is 2.87. The van der Waals surface area contributed by atoms with Crippen molar-refractivity contribution in [2.45, 2.75) is 31.8 Å². The lowest BCUT2D eigenvalue weighted by atomic mass is 9.98. The van der Waals surface area contributed by atoms with E-state index in [1.165, 1.54) is 22.3 Å². The first-order valence-corrected chi connectivity index (χ1v) is 8.07. The number of rotatable bonds is 5. The second-order valence-corrected chi connectivity index (χ2v) is 5.87. The topological polar surface area (TPSA) is 64.3 Å². The predicted octanol–water partition coefficient (Wildman–Crippen LogP) is 4.03. The van der Waals surface area contributed by atoms with Crippen molar-refractivity contribution < 1.29 is 9.53 Å². The van der Waals surface area contributed by atoms with Gasteiger partial charge in [-0.25, -0.2) is 4.79 Å². The van der Waals surface area contributed by atoms with Crippen molar-refractivity contribution in [1.29, 1.82) is 0 Å². The number of amides is 1. The van der Waals surface area contributed by atoms with E-state index in [-0.39, 0.29) is 24.5 Å². The van der Waals surface area contributed by atoms with E-state index >= 15 is 0 Å². The molecule has 2 aromatic rings. The molecule has 24 heavy (non-hydrogen) atoms. The minimum atomic E-state index is -0.451. The van der Waals surface area contributed by atoms with Crippen LogP contribution >= 0.6 is 12.4 Å². The zero-order valence-electron chi connectivity index (χ0n) is 13.7. The Hall–Kier alpha value is -2.04. The van der Waals surface area contributed by atoms with Crippen LogP contribution in [0.25, 0.3) is 11.1 Å². The molecule has 0 spiro atoms. The number of carbonyl (C=O) groups is 1. The van der Waals surface area contributed by atoms with Crippen molar-refractivity contribution in [3.05, 3.63) is 59.7 Å². The number of benzene rings is 2. The highest BCUT2D eigenvalue weighted by Crippen LogP contribution is 2.44. The van der Waals surface area contributed by atoms with Gasteiger partial charge in [0, 0.05) is 5.92 Å². The SMILES string of the molecule is CCCC(N)NC(=O)OCC1c2ccccc2-c2ccccc21.Cl. The minimum Gasteiger partial charge on any atom is -0.449 e. The van der Waals surface area contributed by atoms with Gasteiger partial charge < -0.3 is 15.8 Å². The standard InChI is InChI=1S/C19H22N2O2.ClH/c1-2-7-18(20)21-19(22)23-12-17-15-10-5-3-8-13(15)14-9-4-6-11-16(14)17;/h3-6,8-11,17-18H,2,7,12,20H2,1H3,(H,21,22);1H. The second-order valence-electron chi connectivity index (χ2n) is 5.87. The number of fused-ring (bicyclic) bond motifs is 3. The Morgan fingerprint density at radius 3 is 2.21 bits per heavy atom. The molecule has 1 amide bonds. The molecular weight excluding hydrogens is 324 g/mol. The molecular formula is C19H23ClN2O2. The van der Waals surface area contributed by atoms with Crippen LogP contribution in [0.4, 0.5) is 4.79 Å². The summed E-state index contributed by atoms with van der Waals surface area (Å²) in [5.74, 6) is 0.0792. The molecule has 2 aromatic carbocycles. The van der Waals surface area contributed by atoms with Gasteiger partial charge in [0.25, 0.3) is 0 Å². The Morgan fingerprint density at radius 1 is 1.12 bits per heavy atom. The van der Waals surface area contributed by atoms with Crippen LogP contribution in [0.2, 0.25) is 0 Å². The van der Waals surface area contributed by atoms with Crippen molar-refractivity contribution >= 4 is 18.5 Å². The molecule has 4 nitrogen and oxygen atoms in total. The van der Waals surface area contributed by atoms with Crippen LogP contribution in [0.3, 0.4) is 0 Å². The highest BCUT2D eigenvalue weighted by Gasteiger charge is 2.29. The lowest BCUT2D eigenvalue weighted by molar-refractivity contribution is 0.138. The van der Waals surface area contributed by atoms with Crippen molar-refractivity contribution in [2.75, 3.05) is 6.61 Å². The third-order valence-corrected chi connectivity index (χ3v) is 4.25. The second kappa shape index (κ2) is 8.18. The molecule has 3 N–H and O–H groups in total. The van der Waals surface area contributed by atoms with Crippen LogP contribution in [-0.4, -0.2) is 18.9 Å². The van der Waals surface area contributed by atoms with Gasteiger partial charge in [-0.15, -0.1) is 12.4 Å². The first-order chi connectivity index (χ1) is 11.2. The fourth-order valence-electron chi connectivity index (χ4n) is 3.17. The first-order valence-electron chi connectivity index (χ1n) is 8.07. The zero-order chi connectivity index (χ0) is 16.2. The molecule has 0 aromatic heterocycles. The van der Waals surface area contributed by atoms with Gasteiger partial charge in [0.05, 0.1) is 6.17 Å². The Balaban J connectivity index is 0.00000208. The lowest BCUT2D eigenvalue weighted by Gasteiger charge is -2.16. The van der Waals surface area contributed by atoms with Gasteiger partial charge in [0.15, 0.2) is 0 Å². The van der Waals surface area contributed by atoms with Crippen LogP contribution in [0.15, 0.2) is 48.5 Å². The Morgan fingerprint density at radius 2 is 1.67 bits per heavy atom. The quantitative estimate of drug-likeness (QED) is 0.803. The summed E-state index contributed by atoms with van der Waals surface area (Å²) in [5.41, 5.74) is 10.7. The van der Waals surface area contributed by atoms with Crippen molar-refractivity contribution in [3.8, 4) is 11.1 Å². The van der Waals surface area contributed by atoms with E-state index in [0.717, 1.165) is 12.8 Å². The number of carbonyl (C=O) groups excluding carboxylic acids is 1. The molecule has 0 fully saturated rings. The number of ether oxygens (including phenoxy) is 1. The summed E-state index contributed by atoms with van der Waals surface area (Å²) in [6, 6.07) is 16.6. The monoisotopic (exact) mass is 346 g/mol. The summed E-state index contributed by atoms with van der Waals surface area (Å²) in [5, 5.41) is 2.67. The van der Waals surface area contributed by atoms with Crippen molar-refractivity contribution in [3.63, 3.8) is 0 Å². The molecule has 1 aliphatic rings. The maximum Gasteiger partial charge on any atom is 0.408 e. The highest BCUT2D eigenvalue weighted by atomic mass is 35.5. The normalized spacial score (nSPS) is 13.4. The molecule has 0 bridgehead atoms. The summed E-state index contributed by atoms with van der Waals surface area (Å²) >= 11 is 0. The van der Waals surface area contributed by atoms with Crippen LogP contribution < -0.4 is 11.1 Å². The molecule has 1 unspecified atom stereocenters. The fraction of sp³-hybridized carbons (Fsp3) is 0.316. The zero-order valence-corrected chi connectivity index (χ0v) is 14.5. The van der Waals surface area contributed by atoms with Crippen LogP contribution in [0, 0.1) is 0 Å². The van der Waals surface area contributed by atoms with E-state index in [1.54, 1.807) is 0 Å². The lowest BCUT2D eigenvalue weighted by Crippen LogP contribution is -2.41. The third kappa shape index (κ3) is 3.71. The Labute approximate surface area is 148 Å². The first kappa shape index (κ1) is 18.3. The van der Waals surface area contributed by atoms with Crippen molar-refractivity contribution in [1.82, 2.24) is 5.32 Å². The summed E-state index contributed by atoms with van der Waals surface area (Å²) < 4.78 is 5.43. The van der Waals surface area contributed by atoms with Gasteiger partial charge in [-0.1, -0.05) is 61.9 Å². The number of alkyl carbamates (subject to hydrolysis) is 1. The summed E-state index contributed by atoms with van der Waals surface area (Å²) in [6.07, 6.45) is 0.859. The van der Waals surface area contributed by atoms with Crippen molar-refractivity contribution in [2.24, 2.45) is 5.73 Å². The van der Waals surface area contributed by atoms with Gasteiger partial charge in [-0.2, -0.15) is 0 Å². The Kier molecular flexibility index (Phi) is 6.23. The molecule has 0 saturated heterocycles. The van der Waals surface area contributed by atoms with E-state index in [1.807, 2.05) is 31.2 Å². The largest absolute Gasteiger partial charge is 0.449 e. The molecule has 0 saturated carbocycles. The number of halogens is 1. The molecule has 0 aliphatic heterocycles. The molecule has 0 radical (unpaired) electrons. The number of nitrogens with two attached hydrogens (primary N) is 1. The molecule has 3 rings (SSSR count). The van der Waals surface area contributed by atoms with E-state index in [0.29, 0.717) is 6.61 Å². The van der Waals surface area contributed by atoms with Crippen LogP contribution in [0.5, 0.6) is 0 Å². The van der Waals surface area contributed by atoms with Gasteiger partial charge >= 0.3 is 6.09 Å². The molecule has 5 heteroatoms. The van der Waals surface area contributed by atoms with Gasteiger partial charge in [0.1, 0.15) is 6.61 Å².